The van der Waals surface area contributed by atoms with Crippen molar-refractivity contribution in [2.24, 2.45) is 17.3 Å². The quantitative estimate of drug-likeness (QED) is 0.459. The fourth-order valence-electron chi connectivity index (χ4n) is 8.80. The van der Waals surface area contributed by atoms with E-state index in [1.807, 2.05) is 35.5 Å². The molecule has 7 rings (SSSR count). The molecule has 2 heterocycles. The van der Waals surface area contributed by atoms with Gasteiger partial charge in [0.05, 0.1) is 0 Å². The highest BCUT2D eigenvalue weighted by Gasteiger charge is 2.49. The Kier molecular flexibility index (Phi) is 6.74. The van der Waals surface area contributed by atoms with Crippen molar-refractivity contribution in [2.75, 3.05) is 26.2 Å². The third kappa shape index (κ3) is 4.66. The van der Waals surface area contributed by atoms with Crippen LogP contribution in [0.2, 0.25) is 0 Å². The van der Waals surface area contributed by atoms with Crippen LogP contribution in [0.25, 0.3) is 0 Å². The number of pyridine rings is 1. The lowest BCUT2D eigenvalue weighted by Crippen LogP contribution is -2.48. The topological polar surface area (TPSA) is 53.5 Å². The van der Waals surface area contributed by atoms with Gasteiger partial charge in [-0.15, -0.1) is 0 Å². The fourth-order valence-corrected chi connectivity index (χ4v) is 8.80. The first-order chi connectivity index (χ1) is 19.5. The number of nitrogens with zero attached hydrogens (tertiary/aromatic N) is 3. The molecule has 208 valence electrons. The number of carbonyl (C=O) groups is 2. The van der Waals surface area contributed by atoms with Crippen LogP contribution in [0.15, 0.2) is 71.6 Å². The van der Waals surface area contributed by atoms with Gasteiger partial charge in [0.1, 0.15) is 0 Å². The molecule has 5 aliphatic rings. The largest absolute Gasteiger partial charge is 0.336 e. The van der Waals surface area contributed by atoms with E-state index in [1.165, 1.54) is 60.8 Å². The van der Waals surface area contributed by atoms with Crippen LogP contribution in [-0.2, 0) is 11.3 Å². The number of amides is 1. The molecule has 0 N–H and O–H groups in total. The molecule has 5 nitrogen and oxygen atoms in total. The Balaban J connectivity index is 1.07. The molecule has 2 aromatic rings. The molecule has 5 heteroatoms. The molecule has 1 saturated heterocycles. The van der Waals surface area contributed by atoms with Gasteiger partial charge in [-0.05, 0) is 108 Å². The molecule has 4 aliphatic carbocycles. The first kappa shape index (κ1) is 25.9. The highest BCUT2D eigenvalue weighted by Crippen LogP contribution is 2.61. The standard InChI is InChI=1S/C35H41N3O2/c1-35-13-2-3-32(35)29-9-8-27-21-28(39)22-31(33(27)30(29)10-14-35)25-4-6-26(7-5-25)34(40)38-19-17-37(18-20-38)23-24-11-15-36-16-12-24/h4-7,11-12,15-16,21,29,31-32H,2-3,8-10,13-14,17-20,22-23H2,1H3/t29-,31?,32+,35+/m1/s1. The molecule has 2 saturated carbocycles. The number of fused-ring (bicyclic) bond motifs is 4. The average Bonchev–Trinajstić information content (AvgIpc) is 3.39. The zero-order valence-corrected chi connectivity index (χ0v) is 23.8. The van der Waals surface area contributed by atoms with Crippen LogP contribution in [-0.4, -0.2) is 52.7 Å². The fraction of sp³-hybridized carbons (Fsp3) is 0.514. The summed E-state index contributed by atoms with van der Waals surface area (Å²) < 4.78 is 0. The highest BCUT2D eigenvalue weighted by atomic mass is 16.2. The van der Waals surface area contributed by atoms with Crippen molar-refractivity contribution in [3.05, 3.63) is 88.3 Å². The smallest absolute Gasteiger partial charge is 0.253 e. The van der Waals surface area contributed by atoms with E-state index in [4.69, 9.17) is 0 Å². The van der Waals surface area contributed by atoms with Gasteiger partial charge >= 0.3 is 0 Å². The van der Waals surface area contributed by atoms with Gasteiger partial charge in [0, 0.05) is 63.0 Å². The van der Waals surface area contributed by atoms with Crippen molar-refractivity contribution >= 4 is 11.7 Å². The first-order valence-electron chi connectivity index (χ1n) is 15.5. The monoisotopic (exact) mass is 535 g/mol. The Morgan fingerprint density at radius 3 is 2.52 bits per heavy atom. The van der Waals surface area contributed by atoms with Crippen LogP contribution >= 0.6 is 0 Å². The summed E-state index contributed by atoms with van der Waals surface area (Å²) in [5.41, 5.74) is 8.19. The van der Waals surface area contributed by atoms with Crippen LogP contribution < -0.4 is 0 Å². The average molecular weight is 536 g/mol. The van der Waals surface area contributed by atoms with Gasteiger partial charge in [-0.25, -0.2) is 0 Å². The summed E-state index contributed by atoms with van der Waals surface area (Å²) in [5.74, 6) is 2.02. The summed E-state index contributed by atoms with van der Waals surface area (Å²) in [6.45, 7) is 6.68. The Hall–Kier alpha value is -3.05. The Labute approximate surface area is 238 Å². The lowest BCUT2D eigenvalue weighted by Gasteiger charge is -2.48. The number of piperazine rings is 1. The van der Waals surface area contributed by atoms with Crippen molar-refractivity contribution in [3.8, 4) is 0 Å². The van der Waals surface area contributed by atoms with Crippen LogP contribution in [0.4, 0.5) is 0 Å². The molecule has 4 atom stereocenters. The number of hydrogen-bond donors (Lipinski definition) is 0. The van der Waals surface area contributed by atoms with E-state index in [9.17, 15) is 9.59 Å². The predicted molar refractivity (Wildman–Crippen MR) is 157 cm³/mol. The van der Waals surface area contributed by atoms with Crippen LogP contribution in [0.3, 0.4) is 0 Å². The zero-order chi connectivity index (χ0) is 27.3. The minimum atomic E-state index is 0.114. The molecule has 0 radical (unpaired) electrons. The number of ketones is 1. The summed E-state index contributed by atoms with van der Waals surface area (Å²) in [5, 5.41) is 0. The van der Waals surface area contributed by atoms with Gasteiger partial charge in [0.15, 0.2) is 5.78 Å². The summed E-state index contributed by atoms with van der Waals surface area (Å²) in [6, 6.07) is 12.4. The third-order valence-corrected chi connectivity index (χ3v) is 10.9. The van der Waals surface area contributed by atoms with Gasteiger partial charge in [0.2, 0.25) is 0 Å². The van der Waals surface area contributed by atoms with Crippen molar-refractivity contribution < 1.29 is 9.59 Å². The maximum absolute atomic E-state index is 13.4. The molecular formula is C35H41N3O2. The zero-order valence-electron chi connectivity index (χ0n) is 23.8. The second-order valence-corrected chi connectivity index (χ2v) is 13.2. The molecular weight excluding hydrogens is 494 g/mol. The third-order valence-electron chi connectivity index (χ3n) is 10.9. The molecule has 1 aliphatic heterocycles. The Bertz CT molecular complexity index is 1350. The molecule has 0 bridgehead atoms. The second-order valence-electron chi connectivity index (χ2n) is 13.2. The van der Waals surface area contributed by atoms with E-state index in [0.29, 0.717) is 17.8 Å². The number of aromatic nitrogens is 1. The van der Waals surface area contributed by atoms with Crippen LogP contribution in [0, 0.1) is 17.3 Å². The lowest BCUT2D eigenvalue weighted by molar-refractivity contribution is -0.115. The summed E-state index contributed by atoms with van der Waals surface area (Å²) >= 11 is 0. The summed E-state index contributed by atoms with van der Waals surface area (Å²) in [6.07, 6.45) is 15.1. The van der Waals surface area contributed by atoms with Crippen molar-refractivity contribution in [2.45, 2.75) is 70.8 Å². The van der Waals surface area contributed by atoms with E-state index in [-0.39, 0.29) is 17.6 Å². The van der Waals surface area contributed by atoms with Gasteiger partial charge in [0.25, 0.3) is 5.91 Å². The molecule has 40 heavy (non-hydrogen) atoms. The van der Waals surface area contributed by atoms with E-state index < -0.39 is 0 Å². The molecule has 1 amide bonds. The number of benzene rings is 1. The van der Waals surface area contributed by atoms with Crippen molar-refractivity contribution in [1.29, 1.82) is 0 Å². The molecule has 3 fully saturated rings. The molecule has 0 spiro atoms. The van der Waals surface area contributed by atoms with Crippen LogP contribution in [0.1, 0.15) is 85.7 Å². The van der Waals surface area contributed by atoms with Crippen molar-refractivity contribution in [1.82, 2.24) is 14.8 Å². The van der Waals surface area contributed by atoms with Gasteiger partial charge < -0.3 is 4.90 Å². The number of rotatable bonds is 4. The predicted octanol–water partition coefficient (Wildman–Crippen LogP) is 6.33. The maximum atomic E-state index is 13.4. The van der Waals surface area contributed by atoms with E-state index in [1.54, 1.807) is 5.57 Å². The van der Waals surface area contributed by atoms with Gasteiger partial charge in [-0.3, -0.25) is 19.5 Å². The molecule has 1 aromatic heterocycles. The van der Waals surface area contributed by atoms with Gasteiger partial charge in [-0.2, -0.15) is 0 Å². The Morgan fingerprint density at radius 2 is 1.75 bits per heavy atom. The maximum Gasteiger partial charge on any atom is 0.253 e. The Morgan fingerprint density at radius 1 is 0.975 bits per heavy atom. The normalized spacial score (nSPS) is 30.4. The van der Waals surface area contributed by atoms with E-state index in [2.05, 4.69) is 41.1 Å². The highest BCUT2D eigenvalue weighted by molar-refractivity contribution is 5.95. The van der Waals surface area contributed by atoms with Crippen molar-refractivity contribution in [3.63, 3.8) is 0 Å². The van der Waals surface area contributed by atoms with E-state index >= 15 is 0 Å². The number of allylic oxidation sites excluding steroid dienone is 4. The minimum Gasteiger partial charge on any atom is -0.336 e. The number of carbonyl (C=O) groups excluding carboxylic acids is 2. The summed E-state index contributed by atoms with van der Waals surface area (Å²) in [4.78, 5) is 34.7. The molecule has 1 aromatic carbocycles. The second kappa shape index (κ2) is 10.4. The molecule has 1 unspecified atom stereocenters. The SMILES string of the molecule is C[C@@]12CCC[C@H]1[C@@H]1CCC3=CC(=O)CC(c4ccc(C(=O)N5CCN(Cc6ccncc6)CC5)cc4)C3=C1CC2. The lowest BCUT2D eigenvalue weighted by atomic mass is 9.56. The minimum absolute atomic E-state index is 0.114. The van der Waals surface area contributed by atoms with Crippen LogP contribution in [0.5, 0.6) is 0 Å². The van der Waals surface area contributed by atoms with E-state index in [0.717, 1.165) is 50.6 Å². The summed E-state index contributed by atoms with van der Waals surface area (Å²) in [7, 11) is 0. The number of hydrogen-bond acceptors (Lipinski definition) is 4. The van der Waals surface area contributed by atoms with Gasteiger partial charge in [-0.1, -0.05) is 31.1 Å². The first-order valence-corrected chi connectivity index (χ1v) is 15.5.